The lowest BCUT2D eigenvalue weighted by molar-refractivity contribution is 0.0778. The first kappa shape index (κ1) is 13.1. The van der Waals surface area contributed by atoms with Gasteiger partial charge in [0.05, 0.1) is 5.56 Å². The fourth-order valence-corrected chi connectivity index (χ4v) is 3.83. The topological polar surface area (TPSA) is 46.3 Å². The summed E-state index contributed by atoms with van der Waals surface area (Å²) >= 11 is 3.26. The molecule has 3 atom stereocenters. The molecule has 1 aromatic rings. The van der Waals surface area contributed by atoms with Crippen LogP contribution in [-0.4, -0.2) is 29.9 Å². The molecular weight excluding hydrogens is 311 g/mol. The number of nitrogens with zero attached hydrogens (tertiary/aromatic N) is 1. The standard InChI is InChI=1S/C14H16BrFN2O/c15-12-5-9(16)2-3-10(12)14(19)18-6-8-1-4-13(17)11(8)7-18/h2-3,5,8,11,13H,1,4,6-7,17H2. The van der Waals surface area contributed by atoms with Gasteiger partial charge in [-0.15, -0.1) is 0 Å². The van der Waals surface area contributed by atoms with E-state index in [9.17, 15) is 9.18 Å². The zero-order chi connectivity index (χ0) is 13.6. The number of amides is 1. The predicted molar refractivity (Wildman–Crippen MR) is 74.2 cm³/mol. The van der Waals surface area contributed by atoms with Crippen LogP contribution in [0.25, 0.3) is 0 Å². The van der Waals surface area contributed by atoms with Gasteiger partial charge in [0.25, 0.3) is 5.91 Å². The third-order valence-corrected chi connectivity index (χ3v) is 5.02. The first-order chi connectivity index (χ1) is 9.06. The summed E-state index contributed by atoms with van der Waals surface area (Å²) in [6, 6.07) is 4.41. The Morgan fingerprint density at radius 1 is 1.37 bits per heavy atom. The van der Waals surface area contributed by atoms with Crippen molar-refractivity contribution in [1.82, 2.24) is 4.90 Å². The van der Waals surface area contributed by atoms with Gasteiger partial charge in [-0.05, 0) is 58.8 Å². The molecule has 2 N–H and O–H groups in total. The Balaban J connectivity index is 1.78. The van der Waals surface area contributed by atoms with Gasteiger partial charge in [-0.2, -0.15) is 0 Å². The summed E-state index contributed by atoms with van der Waals surface area (Å²) in [4.78, 5) is 14.3. The minimum Gasteiger partial charge on any atom is -0.338 e. The largest absolute Gasteiger partial charge is 0.338 e. The second-order valence-corrected chi connectivity index (χ2v) is 6.35. The Labute approximate surface area is 120 Å². The molecule has 3 unspecified atom stereocenters. The van der Waals surface area contributed by atoms with Crippen molar-refractivity contribution >= 4 is 21.8 Å². The molecule has 3 rings (SSSR count). The van der Waals surface area contributed by atoms with Crippen molar-refractivity contribution in [2.24, 2.45) is 17.6 Å². The maximum atomic E-state index is 13.1. The van der Waals surface area contributed by atoms with Crippen molar-refractivity contribution in [2.75, 3.05) is 13.1 Å². The van der Waals surface area contributed by atoms with Crippen LogP contribution in [0.5, 0.6) is 0 Å². The average molecular weight is 327 g/mol. The van der Waals surface area contributed by atoms with Crippen LogP contribution in [0.3, 0.4) is 0 Å². The van der Waals surface area contributed by atoms with Gasteiger partial charge in [-0.3, -0.25) is 4.79 Å². The third kappa shape index (κ3) is 2.30. The molecule has 0 aromatic heterocycles. The number of hydrogen-bond acceptors (Lipinski definition) is 2. The van der Waals surface area contributed by atoms with Crippen LogP contribution in [0, 0.1) is 17.7 Å². The van der Waals surface area contributed by atoms with E-state index in [1.54, 1.807) is 0 Å². The van der Waals surface area contributed by atoms with Gasteiger partial charge in [-0.1, -0.05) is 0 Å². The molecule has 3 nitrogen and oxygen atoms in total. The van der Waals surface area contributed by atoms with E-state index in [1.165, 1.54) is 18.2 Å². The fraction of sp³-hybridized carbons (Fsp3) is 0.500. The Hall–Kier alpha value is -0.940. The maximum Gasteiger partial charge on any atom is 0.255 e. The zero-order valence-electron chi connectivity index (χ0n) is 10.5. The molecule has 0 radical (unpaired) electrons. The van der Waals surface area contributed by atoms with Gasteiger partial charge in [0.2, 0.25) is 0 Å². The average Bonchev–Trinajstić information content (AvgIpc) is 2.91. The molecule has 1 aliphatic heterocycles. The van der Waals surface area contributed by atoms with Crippen molar-refractivity contribution < 1.29 is 9.18 Å². The highest BCUT2D eigenvalue weighted by atomic mass is 79.9. The number of likely N-dealkylation sites (tertiary alicyclic amines) is 1. The minimum atomic E-state index is -0.344. The molecule has 0 spiro atoms. The number of halogens is 2. The number of rotatable bonds is 1. The predicted octanol–water partition coefficient (Wildman–Crippen LogP) is 2.40. The van der Waals surface area contributed by atoms with Crippen LogP contribution in [0.2, 0.25) is 0 Å². The van der Waals surface area contributed by atoms with Crippen LogP contribution in [0.4, 0.5) is 4.39 Å². The van der Waals surface area contributed by atoms with E-state index >= 15 is 0 Å². The van der Waals surface area contributed by atoms with E-state index in [2.05, 4.69) is 15.9 Å². The number of carbonyl (C=O) groups is 1. The monoisotopic (exact) mass is 326 g/mol. The maximum absolute atomic E-state index is 13.1. The van der Waals surface area contributed by atoms with Crippen molar-refractivity contribution in [3.05, 3.63) is 34.1 Å². The van der Waals surface area contributed by atoms with Gasteiger partial charge in [0, 0.05) is 23.6 Å². The molecule has 2 fully saturated rings. The number of benzene rings is 1. The van der Waals surface area contributed by atoms with Gasteiger partial charge in [0.1, 0.15) is 5.82 Å². The Morgan fingerprint density at radius 3 is 2.84 bits per heavy atom. The molecule has 1 saturated carbocycles. The second kappa shape index (κ2) is 4.87. The summed E-state index contributed by atoms with van der Waals surface area (Å²) in [6.45, 7) is 1.51. The molecule has 1 heterocycles. The molecule has 1 aliphatic carbocycles. The zero-order valence-corrected chi connectivity index (χ0v) is 12.1. The highest BCUT2D eigenvalue weighted by Gasteiger charge is 2.42. The fourth-order valence-electron chi connectivity index (χ4n) is 3.31. The van der Waals surface area contributed by atoms with E-state index in [0.29, 0.717) is 21.9 Å². The van der Waals surface area contributed by atoms with Crippen molar-refractivity contribution in [3.63, 3.8) is 0 Å². The summed E-state index contributed by atoms with van der Waals surface area (Å²) < 4.78 is 13.6. The lowest BCUT2D eigenvalue weighted by atomic mass is 9.98. The quantitative estimate of drug-likeness (QED) is 0.861. The highest BCUT2D eigenvalue weighted by molar-refractivity contribution is 9.10. The summed E-state index contributed by atoms with van der Waals surface area (Å²) in [5.74, 6) is 0.596. The molecule has 1 amide bonds. The SMILES string of the molecule is NC1CCC2CN(C(=O)c3ccc(F)cc3Br)CC12. The normalized spacial score (nSPS) is 29.6. The molecule has 19 heavy (non-hydrogen) atoms. The van der Waals surface area contributed by atoms with Crippen LogP contribution >= 0.6 is 15.9 Å². The van der Waals surface area contributed by atoms with Crippen molar-refractivity contribution in [2.45, 2.75) is 18.9 Å². The number of carbonyl (C=O) groups excluding carboxylic acids is 1. The van der Waals surface area contributed by atoms with E-state index < -0.39 is 0 Å². The molecule has 1 aromatic carbocycles. The van der Waals surface area contributed by atoms with Crippen LogP contribution < -0.4 is 5.73 Å². The van der Waals surface area contributed by atoms with Crippen LogP contribution in [0.15, 0.2) is 22.7 Å². The molecule has 2 aliphatic rings. The lowest BCUT2D eigenvalue weighted by Crippen LogP contribution is -2.33. The molecule has 1 saturated heterocycles. The van der Waals surface area contributed by atoms with E-state index in [0.717, 1.165) is 25.9 Å². The highest BCUT2D eigenvalue weighted by Crippen LogP contribution is 2.38. The number of hydrogen-bond donors (Lipinski definition) is 1. The van der Waals surface area contributed by atoms with Gasteiger partial charge in [0.15, 0.2) is 0 Å². The summed E-state index contributed by atoms with van der Waals surface area (Å²) in [5.41, 5.74) is 6.60. The van der Waals surface area contributed by atoms with Crippen molar-refractivity contribution in [1.29, 1.82) is 0 Å². The minimum absolute atomic E-state index is 0.0338. The Morgan fingerprint density at radius 2 is 2.16 bits per heavy atom. The van der Waals surface area contributed by atoms with Gasteiger partial charge in [-0.25, -0.2) is 4.39 Å². The molecular formula is C14H16BrFN2O. The number of fused-ring (bicyclic) bond motifs is 1. The first-order valence-corrected chi connectivity index (χ1v) is 7.35. The van der Waals surface area contributed by atoms with Crippen molar-refractivity contribution in [3.8, 4) is 0 Å². The molecule has 0 bridgehead atoms. The first-order valence-electron chi connectivity index (χ1n) is 6.56. The van der Waals surface area contributed by atoms with E-state index in [-0.39, 0.29) is 17.8 Å². The number of nitrogens with two attached hydrogens (primary N) is 1. The van der Waals surface area contributed by atoms with Gasteiger partial charge < -0.3 is 10.6 Å². The van der Waals surface area contributed by atoms with E-state index in [4.69, 9.17) is 5.73 Å². The third-order valence-electron chi connectivity index (χ3n) is 4.36. The Kier molecular flexibility index (Phi) is 3.35. The van der Waals surface area contributed by atoms with Crippen LogP contribution in [0.1, 0.15) is 23.2 Å². The van der Waals surface area contributed by atoms with Crippen LogP contribution in [-0.2, 0) is 0 Å². The smallest absolute Gasteiger partial charge is 0.255 e. The molecule has 102 valence electrons. The molecule has 5 heteroatoms. The summed E-state index contributed by atoms with van der Waals surface area (Å²) in [7, 11) is 0. The summed E-state index contributed by atoms with van der Waals surface area (Å²) in [5, 5.41) is 0. The summed E-state index contributed by atoms with van der Waals surface area (Å²) in [6.07, 6.45) is 2.18. The van der Waals surface area contributed by atoms with E-state index in [1.807, 2.05) is 4.90 Å². The Bertz CT molecular complexity index is 522. The second-order valence-electron chi connectivity index (χ2n) is 5.50. The van der Waals surface area contributed by atoms with Gasteiger partial charge >= 0.3 is 0 Å². The lowest BCUT2D eigenvalue weighted by Gasteiger charge is -2.19.